The Morgan fingerprint density at radius 2 is 1.72 bits per heavy atom. The molecule has 1 aromatic heterocycles. The van der Waals surface area contributed by atoms with Crippen LogP contribution in [0.4, 0.5) is 27.5 Å². The summed E-state index contributed by atoms with van der Waals surface area (Å²) in [4.78, 5) is 8.30. The first-order valence-corrected chi connectivity index (χ1v) is 10.9. The van der Waals surface area contributed by atoms with Gasteiger partial charge in [-0.2, -0.15) is 4.98 Å². The van der Waals surface area contributed by atoms with Crippen molar-refractivity contribution in [2.24, 2.45) is 0 Å². The van der Waals surface area contributed by atoms with E-state index < -0.39 is 5.82 Å². The Kier molecular flexibility index (Phi) is 7.22. The Balaban J connectivity index is 1.37. The zero-order valence-electron chi connectivity index (χ0n) is 18.1. The largest absolute Gasteiger partial charge is 0.494 e. The summed E-state index contributed by atoms with van der Waals surface area (Å²) >= 11 is 0. The van der Waals surface area contributed by atoms with Crippen LogP contribution in [0.2, 0.25) is 0 Å². The van der Waals surface area contributed by atoms with Gasteiger partial charge < -0.3 is 24.8 Å². The van der Waals surface area contributed by atoms with Gasteiger partial charge in [0.2, 0.25) is 5.95 Å². The van der Waals surface area contributed by atoms with Gasteiger partial charge in [0, 0.05) is 17.4 Å². The van der Waals surface area contributed by atoms with Gasteiger partial charge in [-0.25, -0.2) is 9.37 Å². The van der Waals surface area contributed by atoms with E-state index in [0.717, 1.165) is 24.1 Å². The molecule has 3 aromatic rings. The van der Waals surface area contributed by atoms with Crippen molar-refractivity contribution in [1.82, 2.24) is 9.97 Å². The van der Waals surface area contributed by atoms with Crippen molar-refractivity contribution in [3.63, 3.8) is 0 Å². The number of benzene rings is 2. The Hall–Kier alpha value is -3.55. The molecule has 0 saturated carbocycles. The molecule has 1 aliphatic heterocycles. The van der Waals surface area contributed by atoms with Gasteiger partial charge in [-0.3, -0.25) is 0 Å². The van der Waals surface area contributed by atoms with Crippen molar-refractivity contribution >= 4 is 23.1 Å². The predicted molar refractivity (Wildman–Crippen MR) is 122 cm³/mol. The molecule has 168 valence electrons. The van der Waals surface area contributed by atoms with Gasteiger partial charge in [-0.1, -0.05) is 26.2 Å². The minimum Gasteiger partial charge on any atom is -0.494 e. The lowest BCUT2D eigenvalue weighted by Crippen LogP contribution is -2.15. The number of hydrogen-bond donors (Lipinski definition) is 2. The molecule has 32 heavy (non-hydrogen) atoms. The van der Waals surface area contributed by atoms with Crippen molar-refractivity contribution in [3.05, 3.63) is 54.5 Å². The van der Waals surface area contributed by atoms with E-state index >= 15 is 0 Å². The molecule has 2 N–H and O–H groups in total. The maximum Gasteiger partial charge on any atom is 0.229 e. The summed E-state index contributed by atoms with van der Waals surface area (Å²) < 4.78 is 31.1. The first-order chi connectivity index (χ1) is 15.7. The van der Waals surface area contributed by atoms with Crippen molar-refractivity contribution in [3.8, 4) is 17.2 Å². The molecule has 0 bridgehead atoms. The summed E-state index contributed by atoms with van der Waals surface area (Å²) in [6.07, 6.45) is 5.80. The molecule has 0 atom stereocenters. The van der Waals surface area contributed by atoms with Gasteiger partial charge in [0.15, 0.2) is 23.1 Å². The van der Waals surface area contributed by atoms with Crippen LogP contribution in [-0.4, -0.2) is 29.8 Å². The third-order valence-electron chi connectivity index (χ3n) is 4.93. The molecule has 0 radical (unpaired) electrons. The van der Waals surface area contributed by atoms with Crippen molar-refractivity contribution in [2.75, 3.05) is 30.5 Å². The topological polar surface area (TPSA) is 77.5 Å². The molecular formula is C24H27FN4O3. The number of halogens is 1. The highest BCUT2D eigenvalue weighted by molar-refractivity contribution is 5.63. The van der Waals surface area contributed by atoms with E-state index in [1.165, 1.54) is 19.3 Å². The van der Waals surface area contributed by atoms with Gasteiger partial charge >= 0.3 is 0 Å². The second kappa shape index (κ2) is 10.7. The molecule has 8 heteroatoms. The second-order valence-corrected chi connectivity index (χ2v) is 7.43. The Morgan fingerprint density at radius 1 is 0.938 bits per heavy atom. The van der Waals surface area contributed by atoms with E-state index in [4.69, 9.17) is 14.2 Å². The van der Waals surface area contributed by atoms with E-state index in [2.05, 4.69) is 27.5 Å². The summed E-state index contributed by atoms with van der Waals surface area (Å²) in [7, 11) is 0. The SMILES string of the molecule is CCCCCCOc1ccc(Nc2ncc(F)c(Nc3ccc4c(c3)OCCO4)n2)cc1. The first-order valence-electron chi connectivity index (χ1n) is 10.9. The van der Waals surface area contributed by atoms with Gasteiger partial charge in [0.1, 0.15) is 19.0 Å². The first kappa shape index (κ1) is 21.7. The minimum atomic E-state index is -0.558. The number of nitrogens with one attached hydrogen (secondary N) is 2. The fourth-order valence-electron chi connectivity index (χ4n) is 3.26. The van der Waals surface area contributed by atoms with E-state index in [9.17, 15) is 4.39 Å². The lowest BCUT2D eigenvalue weighted by molar-refractivity contribution is 0.171. The van der Waals surface area contributed by atoms with Gasteiger partial charge in [-0.05, 0) is 42.8 Å². The molecular weight excluding hydrogens is 411 g/mol. The molecule has 2 aromatic carbocycles. The van der Waals surface area contributed by atoms with Crippen LogP contribution >= 0.6 is 0 Å². The van der Waals surface area contributed by atoms with Crippen LogP contribution in [0.1, 0.15) is 32.6 Å². The fraction of sp³-hybridized carbons (Fsp3) is 0.333. The molecule has 7 nitrogen and oxygen atoms in total. The number of aromatic nitrogens is 2. The number of ether oxygens (including phenoxy) is 3. The lowest BCUT2D eigenvalue weighted by atomic mass is 10.2. The quantitative estimate of drug-likeness (QED) is 0.385. The summed E-state index contributed by atoms with van der Waals surface area (Å²) in [5, 5.41) is 6.06. The van der Waals surface area contributed by atoms with E-state index in [0.29, 0.717) is 37.0 Å². The average molecular weight is 439 g/mol. The van der Waals surface area contributed by atoms with E-state index in [1.807, 2.05) is 24.3 Å². The van der Waals surface area contributed by atoms with Crippen LogP contribution in [0.3, 0.4) is 0 Å². The van der Waals surface area contributed by atoms with Crippen LogP contribution in [0.15, 0.2) is 48.7 Å². The second-order valence-electron chi connectivity index (χ2n) is 7.43. The summed E-state index contributed by atoms with van der Waals surface area (Å²) in [5.74, 6) is 1.87. The van der Waals surface area contributed by atoms with Gasteiger partial charge in [0.25, 0.3) is 0 Å². The molecule has 0 amide bonds. The molecule has 0 fully saturated rings. The van der Waals surface area contributed by atoms with Crippen LogP contribution < -0.4 is 24.8 Å². The number of hydrogen-bond acceptors (Lipinski definition) is 7. The zero-order chi connectivity index (χ0) is 22.2. The Morgan fingerprint density at radius 3 is 2.53 bits per heavy atom. The van der Waals surface area contributed by atoms with Gasteiger partial charge in [0.05, 0.1) is 12.8 Å². The third-order valence-corrected chi connectivity index (χ3v) is 4.93. The summed E-state index contributed by atoms with van der Waals surface area (Å²) in [5.41, 5.74) is 1.42. The highest BCUT2D eigenvalue weighted by Gasteiger charge is 2.13. The molecule has 2 heterocycles. The number of nitrogens with zero attached hydrogens (tertiary/aromatic N) is 2. The van der Waals surface area contributed by atoms with Crippen molar-refractivity contribution < 1.29 is 18.6 Å². The lowest BCUT2D eigenvalue weighted by Gasteiger charge is -2.19. The average Bonchev–Trinajstić information content (AvgIpc) is 2.82. The maximum absolute atomic E-state index is 14.3. The van der Waals surface area contributed by atoms with E-state index in [1.54, 1.807) is 18.2 Å². The number of unbranched alkanes of at least 4 members (excludes halogenated alkanes) is 3. The fourth-order valence-corrected chi connectivity index (χ4v) is 3.26. The molecule has 0 aliphatic carbocycles. The predicted octanol–water partition coefficient (Wildman–Crippen LogP) is 5.83. The molecule has 0 saturated heterocycles. The highest BCUT2D eigenvalue weighted by Crippen LogP contribution is 2.33. The standard InChI is InChI=1S/C24H27FN4O3/c1-2-3-4-5-12-30-19-9-6-17(7-10-19)28-24-26-16-20(25)23(29-24)27-18-8-11-21-22(15-18)32-14-13-31-21/h6-11,15-16H,2-5,12-14H2,1H3,(H2,26,27,28,29). The summed E-state index contributed by atoms with van der Waals surface area (Å²) in [6.45, 7) is 3.90. The highest BCUT2D eigenvalue weighted by atomic mass is 19.1. The van der Waals surface area contributed by atoms with Crippen LogP contribution in [0.25, 0.3) is 0 Å². The normalized spacial score (nSPS) is 12.3. The molecule has 4 rings (SSSR count). The van der Waals surface area contributed by atoms with Crippen LogP contribution in [0, 0.1) is 5.82 Å². The van der Waals surface area contributed by atoms with Crippen molar-refractivity contribution in [2.45, 2.75) is 32.6 Å². The number of rotatable bonds is 10. The molecule has 0 spiro atoms. The minimum absolute atomic E-state index is 0.0613. The van der Waals surface area contributed by atoms with Crippen LogP contribution in [0.5, 0.6) is 17.2 Å². The maximum atomic E-state index is 14.3. The molecule has 1 aliphatic rings. The Bertz CT molecular complexity index is 1030. The van der Waals surface area contributed by atoms with E-state index in [-0.39, 0.29) is 11.8 Å². The van der Waals surface area contributed by atoms with Crippen LogP contribution in [-0.2, 0) is 0 Å². The zero-order valence-corrected chi connectivity index (χ0v) is 18.1. The monoisotopic (exact) mass is 438 g/mol. The summed E-state index contributed by atoms with van der Waals surface area (Å²) in [6, 6.07) is 12.8. The molecule has 0 unspecified atom stereocenters. The third kappa shape index (κ3) is 5.78. The number of fused-ring (bicyclic) bond motifs is 1. The van der Waals surface area contributed by atoms with Crippen molar-refractivity contribution in [1.29, 1.82) is 0 Å². The van der Waals surface area contributed by atoms with Gasteiger partial charge in [-0.15, -0.1) is 0 Å². The number of anilines is 4. The smallest absolute Gasteiger partial charge is 0.229 e. The Labute approximate surface area is 187 Å².